The summed E-state index contributed by atoms with van der Waals surface area (Å²) < 4.78 is 0. The van der Waals surface area contributed by atoms with E-state index in [-0.39, 0.29) is 5.92 Å². The third-order valence-electron chi connectivity index (χ3n) is 4.38. The van der Waals surface area contributed by atoms with Crippen LogP contribution >= 0.6 is 0 Å². The van der Waals surface area contributed by atoms with Crippen LogP contribution in [0.3, 0.4) is 0 Å². The van der Waals surface area contributed by atoms with Crippen molar-refractivity contribution in [2.45, 2.75) is 33.6 Å². The Bertz CT molecular complexity index is 768. The van der Waals surface area contributed by atoms with Gasteiger partial charge in [-0.1, -0.05) is 70.8 Å². The lowest BCUT2D eigenvalue weighted by atomic mass is 9.83. The van der Waals surface area contributed by atoms with Crippen LogP contribution in [-0.2, 0) is 0 Å². The first-order chi connectivity index (χ1) is 11.4. The lowest BCUT2D eigenvalue weighted by molar-refractivity contribution is 0.475. The van der Waals surface area contributed by atoms with E-state index < -0.39 is 0 Å². The second-order valence-corrected chi connectivity index (χ2v) is 6.87. The number of phenols is 1. The summed E-state index contributed by atoms with van der Waals surface area (Å²) in [5.74, 6) is 0.473. The van der Waals surface area contributed by atoms with Crippen molar-refractivity contribution < 1.29 is 5.11 Å². The summed E-state index contributed by atoms with van der Waals surface area (Å²) in [6.45, 7) is 8.58. The van der Waals surface area contributed by atoms with Crippen LogP contribution in [0.2, 0.25) is 0 Å². The SMILES string of the molecule is Cc1cc(C)cc(C(c2ccc(O)cc2)c2cc(C)cc(C)c2)c1. The molecule has 0 heterocycles. The van der Waals surface area contributed by atoms with Crippen LogP contribution in [0.15, 0.2) is 60.7 Å². The van der Waals surface area contributed by atoms with Crippen LogP contribution in [0.1, 0.15) is 44.9 Å². The highest BCUT2D eigenvalue weighted by atomic mass is 16.3. The Morgan fingerprint density at radius 1 is 0.542 bits per heavy atom. The number of phenolic OH excluding ortho intramolecular Hbond substituents is 1. The van der Waals surface area contributed by atoms with E-state index in [1.165, 1.54) is 38.9 Å². The van der Waals surface area contributed by atoms with Gasteiger partial charge in [-0.3, -0.25) is 0 Å². The maximum Gasteiger partial charge on any atom is 0.115 e. The molecule has 0 radical (unpaired) electrons. The van der Waals surface area contributed by atoms with E-state index in [4.69, 9.17) is 0 Å². The monoisotopic (exact) mass is 316 g/mol. The molecule has 0 aliphatic rings. The summed E-state index contributed by atoms with van der Waals surface area (Å²) >= 11 is 0. The Balaban J connectivity index is 2.21. The summed E-state index contributed by atoms with van der Waals surface area (Å²) in [6.07, 6.45) is 0. The number of hydrogen-bond donors (Lipinski definition) is 1. The summed E-state index contributed by atoms with van der Waals surface area (Å²) in [4.78, 5) is 0. The van der Waals surface area contributed by atoms with Crippen molar-refractivity contribution in [3.63, 3.8) is 0 Å². The highest BCUT2D eigenvalue weighted by molar-refractivity contribution is 5.48. The molecule has 0 unspecified atom stereocenters. The molecule has 24 heavy (non-hydrogen) atoms. The average Bonchev–Trinajstić information content (AvgIpc) is 2.47. The van der Waals surface area contributed by atoms with Gasteiger partial charge in [-0.05, 0) is 56.5 Å². The fraction of sp³-hybridized carbons (Fsp3) is 0.217. The van der Waals surface area contributed by atoms with Crippen LogP contribution in [-0.4, -0.2) is 5.11 Å². The van der Waals surface area contributed by atoms with Crippen molar-refractivity contribution in [1.29, 1.82) is 0 Å². The highest BCUT2D eigenvalue weighted by Gasteiger charge is 2.18. The summed E-state index contributed by atoms with van der Waals surface area (Å²) in [7, 11) is 0. The molecule has 122 valence electrons. The first kappa shape index (κ1) is 16.3. The second kappa shape index (κ2) is 6.52. The first-order valence-electron chi connectivity index (χ1n) is 8.38. The van der Waals surface area contributed by atoms with Crippen molar-refractivity contribution >= 4 is 0 Å². The molecule has 1 N–H and O–H groups in total. The fourth-order valence-corrected chi connectivity index (χ4v) is 3.60. The Hall–Kier alpha value is -2.54. The lowest BCUT2D eigenvalue weighted by Gasteiger charge is -2.21. The van der Waals surface area contributed by atoms with Gasteiger partial charge < -0.3 is 5.11 Å². The van der Waals surface area contributed by atoms with Gasteiger partial charge in [-0.15, -0.1) is 0 Å². The smallest absolute Gasteiger partial charge is 0.115 e. The third-order valence-corrected chi connectivity index (χ3v) is 4.38. The molecular formula is C23H24O. The van der Waals surface area contributed by atoms with E-state index >= 15 is 0 Å². The molecule has 0 atom stereocenters. The Morgan fingerprint density at radius 3 is 1.29 bits per heavy atom. The largest absolute Gasteiger partial charge is 0.508 e. The minimum absolute atomic E-state index is 0.169. The number of aromatic hydroxyl groups is 1. The molecule has 3 aromatic rings. The van der Waals surface area contributed by atoms with E-state index in [2.05, 4.69) is 64.1 Å². The van der Waals surface area contributed by atoms with E-state index in [9.17, 15) is 5.11 Å². The van der Waals surface area contributed by atoms with Gasteiger partial charge in [0, 0.05) is 5.92 Å². The number of rotatable bonds is 3. The Kier molecular flexibility index (Phi) is 4.44. The normalized spacial score (nSPS) is 11.0. The number of hydrogen-bond acceptors (Lipinski definition) is 1. The standard InChI is InChI=1S/C23H24O/c1-15-9-16(2)12-20(11-15)23(19-5-7-22(24)8-6-19)21-13-17(3)10-18(4)14-21/h5-14,23-24H,1-4H3. The first-order valence-corrected chi connectivity index (χ1v) is 8.38. The van der Waals surface area contributed by atoms with Gasteiger partial charge in [0.15, 0.2) is 0 Å². The van der Waals surface area contributed by atoms with E-state index in [1.807, 2.05) is 12.1 Å². The van der Waals surface area contributed by atoms with Gasteiger partial charge in [0.2, 0.25) is 0 Å². The Labute approximate surface area is 144 Å². The predicted molar refractivity (Wildman–Crippen MR) is 101 cm³/mol. The fourth-order valence-electron chi connectivity index (χ4n) is 3.60. The topological polar surface area (TPSA) is 20.2 Å². The molecule has 0 fully saturated rings. The molecule has 0 aliphatic carbocycles. The van der Waals surface area contributed by atoms with Crippen LogP contribution in [0.25, 0.3) is 0 Å². The zero-order valence-electron chi connectivity index (χ0n) is 14.8. The van der Waals surface area contributed by atoms with E-state index in [0.29, 0.717) is 5.75 Å². The third kappa shape index (κ3) is 3.51. The van der Waals surface area contributed by atoms with Gasteiger partial charge in [0.05, 0.1) is 0 Å². The molecule has 1 nitrogen and oxygen atoms in total. The molecule has 0 saturated heterocycles. The maximum absolute atomic E-state index is 9.66. The highest BCUT2D eigenvalue weighted by Crippen LogP contribution is 2.34. The molecule has 0 spiro atoms. The minimum atomic E-state index is 0.169. The van der Waals surface area contributed by atoms with Crippen LogP contribution in [0.4, 0.5) is 0 Å². The van der Waals surface area contributed by atoms with Crippen molar-refractivity contribution in [1.82, 2.24) is 0 Å². The van der Waals surface area contributed by atoms with Gasteiger partial charge in [-0.25, -0.2) is 0 Å². The predicted octanol–water partition coefficient (Wildman–Crippen LogP) is 5.81. The van der Waals surface area contributed by atoms with Gasteiger partial charge in [-0.2, -0.15) is 0 Å². The van der Waals surface area contributed by atoms with Crippen LogP contribution in [0, 0.1) is 27.7 Å². The molecule has 0 amide bonds. The van der Waals surface area contributed by atoms with Gasteiger partial charge >= 0.3 is 0 Å². The van der Waals surface area contributed by atoms with Gasteiger partial charge in [0.25, 0.3) is 0 Å². The van der Waals surface area contributed by atoms with Crippen molar-refractivity contribution in [2.24, 2.45) is 0 Å². The molecule has 0 aliphatic heterocycles. The van der Waals surface area contributed by atoms with Gasteiger partial charge in [0.1, 0.15) is 5.75 Å². The van der Waals surface area contributed by atoms with Crippen molar-refractivity contribution in [2.75, 3.05) is 0 Å². The summed E-state index contributed by atoms with van der Waals surface area (Å²) in [5, 5.41) is 9.66. The van der Waals surface area contributed by atoms with E-state index in [0.717, 1.165) is 0 Å². The number of aryl methyl sites for hydroxylation is 4. The molecule has 0 saturated carbocycles. The summed E-state index contributed by atoms with van der Waals surface area (Å²) in [6, 6.07) is 21.1. The minimum Gasteiger partial charge on any atom is -0.508 e. The van der Waals surface area contributed by atoms with E-state index in [1.54, 1.807) is 12.1 Å². The van der Waals surface area contributed by atoms with Crippen LogP contribution in [0.5, 0.6) is 5.75 Å². The Morgan fingerprint density at radius 2 is 0.917 bits per heavy atom. The van der Waals surface area contributed by atoms with Crippen molar-refractivity contribution in [3.05, 3.63) is 99.6 Å². The zero-order valence-corrected chi connectivity index (χ0v) is 14.8. The molecule has 1 heteroatoms. The van der Waals surface area contributed by atoms with Crippen molar-refractivity contribution in [3.8, 4) is 5.75 Å². The average molecular weight is 316 g/mol. The molecule has 0 aromatic heterocycles. The molecule has 0 bridgehead atoms. The number of benzene rings is 3. The lowest BCUT2D eigenvalue weighted by Crippen LogP contribution is -2.05. The molecular weight excluding hydrogens is 292 g/mol. The zero-order chi connectivity index (χ0) is 17.3. The van der Waals surface area contributed by atoms with Crippen LogP contribution < -0.4 is 0 Å². The summed E-state index contributed by atoms with van der Waals surface area (Å²) in [5.41, 5.74) is 8.89. The quantitative estimate of drug-likeness (QED) is 0.605. The maximum atomic E-state index is 9.66. The molecule has 3 rings (SSSR count). The second-order valence-electron chi connectivity index (χ2n) is 6.87. The molecule has 3 aromatic carbocycles.